The van der Waals surface area contributed by atoms with Crippen LogP contribution in [0.25, 0.3) is 0 Å². The topological polar surface area (TPSA) is 100 Å². The molecule has 1 aliphatic heterocycles. The van der Waals surface area contributed by atoms with E-state index < -0.39 is 22.6 Å². The van der Waals surface area contributed by atoms with Crippen molar-refractivity contribution in [2.45, 2.75) is 5.75 Å². The molecule has 1 saturated heterocycles. The van der Waals surface area contributed by atoms with Gasteiger partial charge in [-0.3, -0.25) is 4.98 Å². The lowest BCUT2D eigenvalue weighted by molar-refractivity contribution is -0.139. The molecule has 1 N–H and O–H groups in total. The largest absolute Gasteiger partial charge is 0.480 e. The molecule has 1 aromatic heterocycles. The van der Waals surface area contributed by atoms with Crippen molar-refractivity contribution >= 4 is 33.3 Å². The lowest BCUT2D eigenvalue weighted by atomic mass is 10.2. The third-order valence-corrected chi connectivity index (χ3v) is 6.40. The van der Waals surface area contributed by atoms with Crippen LogP contribution in [0.4, 0.5) is 5.69 Å². The Morgan fingerprint density at radius 1 is 1.21 bits per heavy atom. The van der Waals surface area contributed by atoms with Crippen LogP contribution in [0.1, 0.15) is 5.56 Å². The summed E-state index contributed by atoms with van der Waals surface area (Å²) in [5.74, 6) is -0.768. The maximum Gasteiger partial charge on any atom is 0.341 e. The number of carboxylic acids is 1. The first-order chi connectivity index (χ1) is 13.3. The summed E-state index contributed by atoms with van der Waals surface area (Å²) >= 11 is 6.08. The molecule has 8 nitrogen and oxygen atoms in total. The summed E-state index contributed by atoms with van der Waals surface area (Å²) in [6, 6.07) is 8.38. The van der Waals surface area contributed by atoms with Crippen LogP contribution in [0, 0.1) is 0 Å². The van der Waals surface area contributed by atoms with E-state index in [0.29, 0.717) is 48.2 Å². The van der Waals surface area contributed by atoms with E-state index in [2.05, 4.69) is 4.98 Å². The summed E-state index contributed by atoms with van der Waals surface area (Å²) in [7, 11) is -3.45. The summed E-state index contributed by atoms with van der Waals surface area (Å²) in [5, 5.41) is 9.32. The van der Waals surface area contributed by atoms with Crippen molar-refractivity contribution in [3.8, 4) is 5.75 Å². The standard InChI is InChI=1S/C18H20ClN3O5S/c19-15-3-4-17(27-12-18(23)24)16(10-15)21-6-8-22(9-7-21)28(25,26)13-14-2-1-5-20-11-14/h1-5,10-11H,6-9,12-13H2,(H,23,24). The molecule has 0 atom stereocenters. The summed E-state index contributed by atoms with van der Waals surface area (Å²) in [6.07, 6.45) is 3.15. The Morgan fingerprint density at radius 3 is 2.61 bits per heavy atom. The van der Waals surface area contributed by atoms with Crippen LogP contribution >= 0.6 is 11.6 Å². The predicted molar refractivity (Wildman–Crippen MR) is 105 cm³/mol. The first-order valence-corrected chi connectivity index (χ1v) is 10.6. The van der Waals surface area contributed by atoms with Crippen LogP contribution in [0.15, 0.2) is 42.7 Å². The zero-order valence-corrected chi connectivity index (χ0v) is 16.6. The molecule has 10 heteroatoms. The van der Waals surface area contributed by atoms with Crippen molar-refractivity contribution in [1.82, 2.24) is 9.29 Å². The number of anilines is 1. The molecule has 0 amide bonds. The van der Waals surface area contributed by atoms with Gasteiger partial charge in [0.2, 0.25) is 10.0 Å². The van der Waals surface area contributed by atoms with Crippen molar-refractivity contribution in [2.75, 3.05) is 37.7 Å². The third kappa shape index (κ3) is 5.12. The lowest BCUT2D eigenvalue weighted by Crippen LogP contribution is -2.49. The second-order valence-electron chi connectivity index (χ2n) is 6.30. The molecule has 1 aromatic carbocycles. The van der Waals surface area contributed by atoms with Gasteiger partial charge in [0.15, 0.2) is 6.61 Å². The molecule has 2 aromatic rings. The number of ether oxygens (including phenoxy) is 1. The van der Waals surface area contributed by atoms with E-state index in [-0.39, 0.29) is 5.75 Å². The minimum absolute atomic E-state index is 0.0923. The van der Waals surface area contributed by atoms with Gasteiger partial charge >= 0.3 is 5.97 Å². The van der Waals surface area contributed by atoms with Gasteiger partial charge in [-0.1, -0.05) is 17.7 Å². The molecule has 0 spiro atoms. The maximum atomic E-state index is 12.7. The van der Waals surface area contributed by atoms with Crippen molar-refractivity contribution in [3.05, 3.63) is 53.3 Å². The fourth-order valence-electron chi connectivity index (χ4n) is 2.99. The van der Waals surface area contributed by atoms with Gasteiger partial charge in [-0.2, -0.15) is 4.31 Å². The first kappa shape index (κ1) is 20.4. The molecular weight excluding hydrogens is 406 g/mol. The molecule has 150 valence electrons. The number of hydrogen-bond acceptors (Lipinski definition) is 6. The van der Waals surface area contributed by atoms with Crippen molar-refractivity contribution in [2.24, 2.45) is 0 Å². The second-order valence-corrected chi connectivity index (χ2v) is 8.70. The summed E-state index contributed by atoms with van der Waals surface area (Å²) in [6.45, 7) is 1.04. The number of nitrogens with zero attached hydrogens (tertiary/aromatic N) is 3. The number of aliphatic carboxylic acids is 1. The van der Waals surface area contributed by atoms with Crippen LogP contribution in [-0.2, 0) is 20.6 Å². The van der Waals surface area contributed by atoms with E-state index in [4.69, 9.17) is 21.4 Å². The first-order valence-electron chi connectivity index (χ1n) is 8.61. The summed E-state index contributed by atoms with van der Waals surface area (Å²) in [4.78, 5) is 16.7. The number of halogens is 1. The van der Waals surface area contributed by atoms with Crippen LogP contribution in [0.3, 0.4) is 0 Å². The van der Waals surface area contributed by atoms with E-state index in [1.165, 1.54) is 4.31 Å². The number of carbonyl (C=O) groups is 1. The molecular formula is C18H20ClN3O5S. The normalized spacial score (nSPS) is 15.4. The van der Waals surface area contributed by atoms with Crippen LogP contribution in [0.2, 0.25) is 5.02 Å². The average Bonchev–Trinajstić information content (AvgIpc) is 2.67. The highest BCUT2D eigenvalue weighted by molar-refractivity contribution is 7.88. The summed E-state index contributed by atoms with van der Waals surface area (Å²) in [5.41, 5.74) is 1.29. The number of carboxylic acid groups (broad SMARTS) is 1. The molecule has 0 saturated carbocycles. The third-order valence-electron chi connectivity index (χ3n) is 4.32. The van der Waals surface area contributed by atoms with Gasteiger partial charge in [0.05, 0.1) is 11.4 Å². The summed E-state index contributed by atoms with van der Waals surface area (Å²) < 4.78 is 32.1. The van der Waals surface area contributed by atoms with Gasteiger partial charge in [0.25, 0.3) is 0 Å². The van der Waals surface area contributed by atoms with Crippen molar-refractivity contribution in [3.63, 3.8) is 0 Å². The minimum Gasteiger partial charge on any atom is -0.480 e. The molecule has 28 heavy (non-hydrogen) atoms. The zero-order valence-electron chi connectivity index (χ0n) is 15.0. The molecule has 0 unspecified atom stereocenters. The van der Waals surface area contributed by atoms with Gasteiger partial charge in [-0.05, 0) is 29.8 Å². The van der Waals surface area contributed by atoms with Gasteiger partial charge in [0.1, 0.15) is 5.75 Å². The number of pyridine rings is 1. The van der Waals surface area contributed by atoms with Crippen molar-refractivity contribution in [1.29, 1.82) is 0 Å². The fourth-order valence-corrected chi connectivity index (χ4v) is 4.65. The molecule has 3 rings (SSSR count). The van der Waals surface area contributed by atoms with Crippen molar-refractivity contribution < 1.29 is 23.1 Å². The Labute approximate surface area is 168 Å². The Kier molecular flexibility index (Phi) is 6.38. The van der Waals surface area contributed by atoms with E-state index >= 15 is 0 Å². The smallest absolute Gasteiger partial charge is 0.341 e. The predicted octanol–water partition coefficient (Wildman–Crippen LogP) is 1.85. The second kappa shape index (κ2) is 8.76. The Morgan fingerprint density at radius 2 is 1.96 bits per heavy atom. The minimum atomic E-state index is -3.45. The molecule has 1 fully saturated rings. The Bertz CT molecular complexity index is 931. The highest BCUT2D eigenvalue weighted by Crippen LogP contribution is 2.32. The molecule has 0 radical (unpaired) electrons. The Balaban J connectivity index is 1.68. The molecule has 1 aliphatic rings. The van der Waals surface area contributed by atoms with E-state index in [1.54, 1.807) is 42.7 Å². The number of sulfonamides is 1. The monoisotopic (exact) mass is 425 g/mol. The van der Waals surface area contributed by atoms with Crippen LogP contribution in [0.5, 0.6) is 5.75 Å². The fraction of sp³-hybridized carbons (Fsp3) is 0.333. The van der Waals surface area contributed by atoms with Crippen LogP contribution in [-0.4, -0.2) is 61.6 Å². The molecule has 0 bridgehead atoms. The highest BCUT2D eigenvalue weighted by atomic mass is 35.5. The van der Waals surface area contributed by atoms with E-state index in [9.17, 15) is 13.2 Å². The lowest BCUT2D eigenvalue weighted by Gasteiger charge is -2.36. The number of aromatic nitrogens is 1. The molecule has 2 heterocycles. The number of hydrogen-bond donors (Lipinski definition) is 1. The van der Waals surface area contributed by atoms with Gasteiger partial charge in [0, 0.05) is 43.6 Å². The number of rotatable bonds is 7. The van der Waals surface area contributed by atoms with E-state index in [1.807, 2.05) is 4.90 Å². The van der Waals surface area contributed by atoms with E-state index in [0.717, 1.165) is 0 Å². The quantitative estimate of drug-likeness (QED) is 0.722. The SMILES string of the molecule is O=C(O)COc1ccc(Cl)cc1N1CCN(S(=O)(=O)Cc2cccnc2)CC1. The number of benzene rings is 1. The highest BCUT2D eigenvalue weighted by Gasteiger charge is 2.28. The van der Waals surface area contributed by atoms with Gasteiger partial charge in [-0.15, -0.1) is 0 Å². The average molecular weight is 426 g/mol. The van der Waals surface area contributed by atoms with Gasteiger partial charge < -0.3 is 14.7 Å². The van der Waals surface area contributed by atoms with Gasteiger partial charge in [-0.25, -0.2) is 13.2 Å². The van der Waals surface area contributed by atoms with Crippen LogP contribution < -0.4 is 9.64 Å². The Hall–Kier alpha value is -2.36. The maximum absolute atomic E-state index is 12.7. The molecule has 0 aliphatic carbocycles. The number of piperazine rings is 1. The zero-order chi connectivity index (χ0) is 20.1.